The molecule has 0 radical (unpaired) electrons. The lowest BCUT2D eigenvalue weighted by Gasteiger charge is -2.30. The Morgan fingerprint density at radius 1 is 1.69 bits per heavy atom. The topological polar surface area (TPSA) is 67.4 Å². The summed E-state index contributed by atoms with van der Waals surface area (Å²) in [6.07, 6.45) is 0.778. The zero-order chi connectivity index (χ0) is 9.84. The Morgan fingerprint density at radius 2 is 2.38 bits per heavy atom. The standard InChI is InChI=1S/C8H14N2O3/c1-3-5-7(8(12)13-2)10-6(11)4-9-5/h5,7,9H,3-4H2,1-2H3,(H,10,11). The number of piperazine rings is 1. The van der Waals surface area contributed by atoms with Gasteiger partial charge in [-0.05, 0) is 6.42 Å². The van der Waals surface area contributed by atoms with E-state index in [0.29, 0.717) is 0 Å². The van der Waals surface area contributed by atoms with Crippen LogP contribution >= 0.6 is 0 Å². The van der Waals surface area contributed by atoms with Crippen LogP contribution in [0, 0.1) is 0 Å². The van der Waals surface area contributed by atoms with Crippen molar-refractivity contribution >= 4 is 11.9 Å². The number of amides is 1. The molecule has 0 aromatic rings. The lowest BCUT2D eigenvalue weighted by molar-refractivity contribution is -0.147. The number of hydrogen-bond donors (Lipinski definition) is 2. The molecule has 74 valence electrons. The van der Waals surface area contributed by atoms with Crippen LogP contribution in [0.2, 0.25) is 0 Å². The lowest BCUT2D eigenvalue weighted by atomic mass is 10.0. The second-order valence-corrected chi connectivity index (χ2v) is 2.96. The fraction of sp³-hybridized carbons (Fsp3) is 0.750. The molecular formula is C8H14N2O3. The molecule has 1 saturated heterocycles. The van der Waals surface area contributed by atoms with Crippen molar-refractivity contribution in [1.82, 2.24) is 10.6 Å². The van der Waals surface area contributed by atoms with Gasteiger partial charge in [0.15, 0.2) is 0 Å². The first-order valence-electron chi connectivity index (χ1n) is 4.29. The maximum Gasteiger partial charge on any atom is 0.330 e. The third kappa shape index (κ3) is 2.18. The van der Waals surface area contributed by atoms with Crippen LogP contribution < -0.4 is 10.6 Å². The average molecular weight is 186 g/mol. The second kappa shape index (κ2) is 4.23. The molecule has 0 bridgehead atoms. The summed E-state index contributed by atoms with van der Waals surface area (Å²) in [6, 6.07) is -0.568. The molecule has 2 atom stereocenters. The van der Waals surface area contributed by atoms with E-state index in [0.717, 1.165) is 6.42 Å². The van der Waals surface area contributed by atoms with Gasteiger partial charge in [-0.25, -0.2) is 4.79 Å². The quantitative estimate of drug-likeness (QED) is 0.544. The molecule has 0 aliphatic carbocycles. The number of carbonyl (C=O) groups is 2. The summed E-state index contributed by atoms with van der Waals surface area (Å²) in [5.41, 5.74) is 0. The minimum atomic E-state index is -0.545. The minimum absolute atomic E-state index is 0.0230. The third-order valence-corrected chi connectivity index (χ3v) is 2.14. The van der Waals surface area contributed by atoms with Crippen molar-refractivity contribution in [3.63, 3.8) is 0 Å². The molecule has 5 heteroatoms. The van der Waals surface area contributed by atoms with Crippen LogP contribution in [0.1, 0.15) is 13.3 Å². The first-order chi connectivity index (χ1) is 6.19. The highest BCUT2D eigenvalue weighted by atomic mass is 16.5. The Labute approximate surface area is 76.8 Å². The molecule has 0 aromatic carbocycles. The number of methoxy groups -OCH3 is 1. The van der Waals surface area contributed by atoms with Gasteiger partial charge in [0.2, 0.25) is 5.91 Å². The summed E-state index contributed by atoms with van der Waals surface area (Å²) < 4.78 is 4.58. The van der Waals surface area contributed by atoms with Crippen molar-refractivity contribution in [2.24, 2.45) is 0 Å². The fourth-order valence-corrected chi connectivity index (χ4v) is 1.40. The van der Waals surface area contributed by atoms with Gasteiger partial charge in [-0.15, -0.1) is 0 Å². The number of rotatable bonds is 2. The van der Waals surface area contributed by atoms with E-state index >= 15 is 0 Å². The van der Waals surface area contributed by atoms with Crippen molar-refractivity contribution in [3.8, 4) is 0 Å². The molecule has 0 aromatic heterocycles. The van der Waals surface area contributed by atoms with Crippen LogP contribution in [-0.2, 0) is 14.3 Å². The number of hydrogen-bond acceptors (Lipinski definition) is 4. The van der Waals surface area contributed by atoms with E-state index < -0.39 is 12.0 Å². The van der Waals surface area contributed by atoms with Gasteiger partial charge < -0.3 is 15.4 Å². The van der Waals surface area contributed by atoms with Crippen molar-refractivity contribution in [3.05, 3.63) is 0 Å². The SMILES string of the molecule is CCC1NCC(=O)NC1C(=O)OC. The van der Waals surface area contributed by atoms with Gasteiger partial charge in [0.1, 0.15) is 6.04 Å². The summed E-state index contributed by atoms with van der Waals surface area (Å²) >= 11 is 0. The predicted molar refractivity (Wildman–Crippen MR) is 46.0 cm³/mol. The lowest BCUT2D eigenvalue weighted by Crippen LogP contribution is -2.61. The molecule has 2 N–H and O–H groups in total. The fourth-order valence-electron chi connectivity index (χ4n) is 1.40. The van der Waals surface area contributed by atoms with Crippen LogP contribution in [-0.4, -0.2) is 37.6 Å². The minimum Gasteiger partial charge on any atom is -0.467 e. The first-order valence-corrected chi connectivity index (χ1v) is 4.29. The highest BCUT2D eigenvalue weighted by Crippen LogP contribution is 2.04. The number of esters is 1. The average Bonchev–Trinajstić information content (AvgIpc) is 2.16. The molecule has 1 aliphatic heterocycles. The van der Waals surface area contributed by atoms with Crippen molar-refractivity contribution in [2.45, 2.75) is 25.4 Å². The highest BCUT2D eigenvalue weighted by Gasteiger charge is 2.32. The summed E-state index contributed by atoms with van der Waals surface area (Å²) in [5.74, 6) is -0.562. The van der Waals surface area contributed by atoms with Crippen molar-refractivity contribution in [1.29, 1.82) is 0 Å². The third-order valence-electron chi connectivity index (χ3n) is 2.14. The molecule has 0 spiro atoms. The number of carbonyl (C=O) groups excluding carboxylic acids is 2. The van der Waals surface area contributed by atoms with E-state index in [4.69, 9.17) is 0 Å². The van der Waals surface area contributed by atoms with Crippen LogP contribution in [0.15, 0.2) is 0 Å². The van der Waals surface area contributed by atoms with Crippen LogP contribution in [0.5, 0.6) is 0 Å². The Morgan fingerprint density at radius 3 is 2.92 bits per heavy atom. The maximum atomic E-state index is 11.2. The molecule has 1 amide bonds. The zero-order valence-electron chi connectivity index (χ0n) is 7.79. The van der Waals surface area contributed by atoms with E-state index in [9.17, 15) is 9.59 Å². The van der Waals surface area contributed by atoms with E-state index in [1.54, 1.807) is 0 Å². The molecular weight excluding hydrogens is 172 g/mol. The summed E-state index contributed by atoms with van der Waals surface area (Å²) in [7, 11) is 1.32. The Kier molecular flexibility index (Phi) is 3.25. The van der Waals surface area contributed by atoms with Gasteiger partial charge in [-0.3, -0.25) is 4.79 Å². The van der Waals surface area contributed by atoms with Gasteiger partial charge in [0, 0.05) is 6.04 Å². The number of ether oxygens (including phenoxy) is 1. The summed E-state index contributed by atoms with van der Waals surface area (Å²) in [5, 5.41) is 5.56. The molecule has 1 aliphatic rings. The van der Waals surface area contributed by atoms with Gasteiger partial charge in [-0.1, -0.05) is 6.92 Å². The van der Waals surface area contributed by atoms with E-state index in [1.807, 2.05) is 6.92 Å². The number of nitrogens with one attached hydrogen (secondary N) is 2. The maximum absolute atomic E-state index is 11.2. The van der Waals surface area contributed by atoms with Crippen molar-refractivity contribution < 1.29 is 14.3 Å². The van der Waals surface area contributed by atoms with Gasteiger partial charge in [0.25, 0.3) is 0 Å². The Bertz CT molecular complexity index is 217. The predicted octanol–water partition coefficient (Wildman–Crippen LogP) is -0.974. The summed E-state index contributed by atoms with van der Waals surface area (Å²) in [4.78, 5) is 22.2. The molecule has 13 heavy (non-hydrogen) atoms. The second-order valence-electron chi connectivity index (χ2n) is 2.96. The largest absolute Gasteiger partial charge is 0.467 e. The van der Waals surface area contributed by atoms with Gasteiger partial charge in [0.05, 0.1) is 13.7 Å². The Balaban J connectivity index is 2.64. The van der Waals surface area contributed by atoms with Gasteiger partial charge >= 0.3 is 5.97 Å². The molecule has 1 heterocycles. The molecule has 2 unspecified atom stereocenters. The molecule has 1 rings (SSSR count). The normalized spacial score (nSPS) is 28.0. The molecule has 0 saturated carbocycles. The zero-order valence-corrected chi connectivity index (χ0v) is 7.79. The summed E-state index contributed by atoms with van der Waals surface area (Å²) in [6.45, 7) is 2.22. The smallest absolute Gasteiger partial charge is 0.330 e. The first kappa shape index (κ1) is 9.98. The molecule has 5 nitrogen and oxygen atoms in total. The van der Waals surface area contributed by atoms with Crippen molar-refractivity contribution in [2.75, 3.05) is 13.7 Å². The van der Waals surface area contributed by atoms with Crippen LogP contribution in [0.3, 0.4) is 0 Å². The van der Waals surface area contributed by atoms with E-state index in [1.165, 1.54) is 7.11 Å². The van der Waals surface area contributed by atoms with Gasteiger partial charge in [-0.2, -0.15) is 0 Å². The van der Waals surface area contributed by atoms with E-state index in [-0.39, 0.29) is 18.5 Å². The highest BCUT2D eigenvalue weighted by molar-refractivity contribution is 5.87. The van der Waals surface area contributed by atoms with E-state index in [2.05, 4.69) is 15.4 Å². The monoisotopic (exact) mass is 186 g/mol. The van der Waals surface area contributed by atoms with Crippen LogP contribution in [0.25, 0.3) is 0 Å². The molecule has 1 fully saturated rings. The Hall–Kier alpha value is -1.10. The van der Waals surface area contributed by atoms with Crippen LogP contribution in [0.4, 0.5) is 0 Å².